The predicted octanol–water partition coefficient (Wildman–Crippen LogP) is 26.3. The van der Waals surface area contributed by atoms with Crippen LogP contribution >= 0.6 is 92.4 Å². The Morgan fingerprint density at radius 1 is 0.171 bits per heavy atom. The summed E-state index contributed by atoms with van der Waals surface area (Å²) in [5, 5.41) is 6.18. The second kappa shape index (κ2) is 41.6. The van der Waals surface area contributed by atoms with Gasteiger partial charge in [-0.05, 0) is 302 Å². The van der Waals surface area contributed by atoms with Crippen molar-refractivity contribution in [2.45, 2.75) is 72.4 Å². The Morgan fingerprint density at radius 2 is 0.405 bits per heavy atom. The average Bonchev–Trinajstić information content (AvgIpc) is 0.826. The maximum atomic E-state index is 2.79. The smallest absolute Gasteiger partial charge is 0.0128 e. The molecule has 10 atom stereocenters. The third-order valence-corrected chi connectivity index (χ3v) is 24.8. The highest BCUT2D eigenvalue weighted by atomic mass is 31.0. The zero-order valence-corrected chi connectivity index (χ0v) is 76.0. The van der Waals surface area contributed by atoms with Gasteiger partial charge in [0, 0.05) is 0 Å². The summed E-state index contributed by atoms with van der Waals surface area (Å²) in [6.45, 7) is 13.0. The van der Waals surface area contributed by atoms with Gasteiger partial charge in [0.1, 0.15) is 0 Å². The highest BCUT2D eigenvalue weighted by molar-refractivity contribution is 7.28. The molecule has 0 nitrogen and oxygen atoms in total. The summed E-state index contributed by atoms with van der Waals surface area (Å²) in [6, 6.07) is 119. The van der Waals surface area contributed by atoms with Gasteiger partial charge in [-0.1, -0.05) is 297 Å². The number of aryl methyl sites for hydroxylation is 6. The Balaban J connectivity index is 0.000000137. The van der Waals surface area contributed by atoms with Gasteiger partial charge in [0.25, 0.3) is 0 Å². The van der Waals surface area contributed by atoms with Crippen LogP contribution < -0.4 is 26.5 Å². The zero-order chi connectivity index (χ0) is 78.5. The average molecular weight is 1630 g/mol. The van der Waals surface area contributed by atoms with Crippen molar-refractivity contribution in [3.05, 3.63) is 389 Å². The third-order valence-electron chi connectivity index (χ3n) is 20.0. The predicted molar refractivity (Wildman–Crippen MR) is 529 cm³/mol. The van der Waals surface area contributed by atoms with Crippen molar-refractivity contribution in [3.8, 4) is 111 Å². The Kier molecular flexibility index (Phi) is 31.7. The van der Waals surface area contributed by atoms with E-state index in [1.807, 2.05) is 0 Å². The summed E-state index contributed by atoms with van der Waals surface area (Å²) >= 11 is 0. The van der Waals surface area contributed by atoms with Crippen molar-refractivity contribution in [2.24, 2.45) is 0 Å². The minimum absolute atomic E-state index is 1.00. The van der Waals surface area contributed by atoms with Crippen molar-refractivity contribution in [3.63, 3.8) is 0 Å². The van der Waals surface area contributed by atoms with Gasteiger partial charge >= 0.3 is 0 Å². The molecule has 10 heteroatoms. The first-order valence-electron chi connectivity index (χ1n) is 37.6. The summed E-state index contributed by atoms with van der Waals surface area (Å²) < 4.78 is 0. The van der Waals surface area contributed by atoms with Crippen LogP contribution in [0.15, 0.2) is 328 Å². The lowest BCUT2D eigenvalue weighted by Crippen LogP contribution is -1.96. The van der Waals surface area contributed by atoms with E-state index in [0.29, 0.717) is 0 Å². The maximum Gasteiger partial charge on any atom is -0.0128 e. The third kappa shape index (κ3) is 23.6. The summed E-state index contributed by atoms with van der Waals surface area (Å²) in [7, 11) is 27.7. The fourth-order valence-corrected chi connectivity index (χ4v) is 16.1. The molecule has 0 aliphatic rings. The van der Waals surface area contributed by atoms with E-state index in [1.54, 1.807) is 0 Å². The largest absolute Gasteiger partial charge is 0.133 e. The van der Waals surface area contributed by atoms with E-state index >= 15 is 0 Å². The van der Waals surface area contributed by atoms with Crippen molar-refractivity contribution in [1.29, 1.82) is 0 Å². The lowest BCUT2D eigenvalue weighted by molar-refractivity contribution is 1.35. The molecule has 0 aromatic heterocycles. The van der Waals surface area contributed by atoms with E-state index in [0.717, 1.165) is 30.8 Å². The molecule has 0 amide bonds. The first-order valence-corrected chi connectivity index (χ1v) is 44.5. The molecule has 0 N–H and O–H groups in total. The van der Waals surface area contributed by atoms with Crippen LogP contribution in [0, 0.1) is 41.5 Å². The molecule has 0 saturated carbocycles. The van der Waals surface area contributed by atoms with Gasteiger partial charge in [-0.3, -0.25) is 0 Å². The topological polar surface area (TPSA) is 0 Å². The molecule has 0 aliphatic heterocycles. The van der Waals surface area contributed by atoms with Crippen molar-refractivity contribution >= 4 is 119 Å². The minimum atomic E-state index is 1.00. The van der Waals surface area contributed by atoms with Gasteiger partial charge in [0.15, 0.2) is 0 Å². The highest BCUT2D eigenvalue weighted by Crippen LogP contribution is 2.35. The molecule has 111 heavy (non-hydrogen) atoms. The number of hydrogen-bond acceptors (Lipinski definition) is 0. The minimum Gasteiger partial charge on any atom is -0.133 e. The standard InChI is InChI=1S/2C21H22P2.2C20H20P2.C19H18P2/c1-14-9-19(17-5-3-16(13-22)4-6-17)12-20(10-14)18-7-8-21(23)15(2)11-18;1-14-10-16(13-22)6-8-20(14)17-4-3-5-18(12-17)21-9-7-19(23)11-15(21)2;1-14-11-19(22)9-10-20(14)18-4-2-3-17(12-18)16-7-5-15(13-21)6-8-16;1-14-11-19(9-10-20(14)22)18-4-2-3-17(12-18)16-7-5-15(13-21)6-8-16;20-13-14-4-6-15(7-5-14)17-2-1-3-18(12-17)16-8-10-19(21)11-9-16/h2*3-12H,13,22-23H2,1-2H3;2*2-12H,13,21-22H2,1H3;1-12H,13,20-21H2. The zero-order valence-electron chi connectivity index (χ0n) is 64.5. The molecule has 15 aromatic rings. The Hall–Kier alpha value is -7.40. The number of rotatable bonds is 15. The molecule has 0 fully saturated rings. The van der Waals surface area contributed by atoms with Crippen LogP contribution in [0.2, 0.25) is 0 Å². The fraction of sp³-hybridized carbons (Fsp3) is 0.109. The van der Waals surface area contributed by atoms with Crippen LogP contribution in [0.5, 0.6) is 0 Å². The van der Waals surface area contributed by atoms with Gasteiger partial charge in [0.05, 0.1) is 0 Å². The fourth-order valence-electron chi connectivity index (χ4n) is 13.5. The summed E-state index contributed by atoms with van der Waals surface area (Å²) in [5.41, 5.74) is 40.1. The van der Waals surface area contributed by atoms with Gasteiger partial charge in [-0.2, -0.15) is 0 Å². The van der Waals surface area contributed by atoms with E-state index < -0.39 is 0 Å². The molecule has 0 saturated heterocycles. The second-order valence-electron chi connectivity index (χ2n) is 28.3. The SMILES string of the molecule is Cc1cc(-c2ccc(CP)cc2)cc(-c2ccc(P)c(C)c2)c1.Cc1cc(-c2cccc(-c3ccc(CP)cc3)c2)ccc1P.Cc1cc(P)ccc1-c1cccc(-c2ccc(CP)cc2)c1.Cc1cc(P)ccc1-c1cccc(-c2ccc(CP)cc2C)c1.PCc1ccc(-c2cccc(-c3ccc(P)cc3)c2)cc1. The molecule has 0 heterocycles. The maximum absolute atomic E-state index is 2.79. The number of hydrogen-bond donors (Lipinski definition) is 0. The molecule has 15 aromatic carbocycles. The van der Waals surface area contributed by atoms with Crippen molar-refractivity contribution in [1.82, 2.24) is 0 Å². The van der Waals surface area contributed by atoms with E-state index in [4.69, 9.17) is 0 Å². The molecule has 0 spiro atoms. The van der Waals surface area contributed by atoms with Crippen LogP contribution in [-0.2, 0) is 30.8 Å². The van der Waals surface area contributed by atoms with Crippen LogP contribution in [-0.4, -0.2) is 0 Å². The molecule has 10 unspecified atom stereocenters. The van der Waals surface area contributed by atoms with Gasteiger partial charge in [0.2, 0.25) is 0 Å². The molecule has 0 aliphatic carbocycles. The van der Waals surface area contributed by atoms with Crippen molar-refractivity contribution < 1.29 is 0 Å². The van der Waals surface area contributed by atoms with E-state index in [2.05, 4.69) is 462 Å². The molecular formula is C101H102P10. The van der Waals surface area contributed by atoms with Gasteiger partial charge in [-0.25, -0.2) is 0 Å². The van der Waals surface area contributed by atoms with E-state index in [1.165, 1.54) is 199 Å². The lowest BCUT2D eigenvalue weighted by atomic mass is 9.94. The van der Waals surface area contributed by atoms with E-state index in [9.17, 15) is 0 Å². The lowest BCUT2D eigenvalue weighted by Gasteiger charge is -2.12. The summed E-state index contributed by atoms with van der Waals surface area (Å²) in [4.78, 5) is 0. The highest BCUT2D eigenvalue weighted by Gasteiger charge is 2.12. The van der Waals surface area contributed by atoms with Crippen LogP contribution in [0.4, 0.5) is 0 Å². The molecule has 15 rings (SSSR count). The second-order valence-corrected chi connectivity index (χ2v) is 33.6. The van der Waals surface area contributed by atoms with E-state index in [-0.39, 0.29) is 0 Å². The number of benzene rings is 15. The van der Waals surface area contributed by atoms with Crippen LogP contribution in [0.25, 0.3) is 111 Å². The first kappa shape index (κ1) is 84.5. The van der Waals surface area contributed by atoms with Crippen LogP contribution in [0.3, 0.4) is 0 Å². The molecule has 556 valence electrons. The van der Waals surface area contributed by atoms with Gasteiger partial charge in [-0.15, -0.1) is 92.4 Å². The Morgan fingerprint density at radius 3 is 0.739 bits per heavy atom. The molecule has 0 bridgehead atoms. The first-order chi connectivity index (χ1) is 53.7. The quantitative estimate of drug-likeness (QED) is 0.0898. The Bertz CT molecular complexity index is 5610. The molecule has 0 radical (unpaired) electrons. The van der Waals surface area contributed by atoms with Gasteiger partial charge < -0.3 is 0 Å². The Labute approximate surface area is 686 Å². The normalized spacial score (nSPS) is 10.7. The monoisotopic (exact) mass is 1620 g/mol. The van der Waals surface area contributed by atoms with Crippen molar-refractivity contribution in [2.75, 3.05) is 0 Å². The van der Waals surface area contributed by atoms with Crippen LogP contribution in [0.1, 0.15) is 61.2 Å². The summed E-state index contributed by atoms with van der Waals surface area (Å²) in [5.74, 6) is 0. The summed E-state index contributed by atoms with van der Waals surface area (Å²) in [6.07, 6.45) is 5.01. The molecular weight excluding hydrogens is 1520 g/mol.